The SMILES string of the molecule is CCOc1ccc(Br)cc1C(N)c1ccncc1. The molecule has 4 heteroatoms. The zero-order chi connectivity index (χ0) is 13.0. The number of aromatic nitrogens is 1. The van der Waals surface area contributed by atoms with E-state index >= 15 is 0 Å². The van der Waals surface area contributed by atoms with E-state index in [2.05, 4.69) is 20.9 Å². The van der Waals surface area contributed by atoms with Crippen molar-refractivity contribution in [2.24, 2.45) is 5.73 Å². The minimum absolute atomic E-state index is 0.216. The predicted octanol–water partition coefficient (Wildman–Crippen LogP) is 3.29. The molecule has 0 spiro atoms. The van der Waals surface area contributed by atoms with Crippen molar-refractivity contribution in [2.75, 3.05) is 6.61 Å². The van der Waals surface area contributed by atoms with Crippen molar-refractivity contribution < 1.29 is 4.74 Å². The summed E-state index contributed by atoms with van der Waals surface area (Å²) in [5, 5.41) is 0. The quantitative estimate of drug-likeness (QED) is 0.943. The fourth-order valence-electron chi connectivity index (χ4n) is 1.80. The average molecular weight is 307 g/mol. The van der Waals surface area contributed by atoms with Crippen LogP contribution in [0.1, 0.15) is 24.1 Å². The molecule has 0 radical (unpaired) electrons. The first-order valence-electron chi connectivity index (χ1n) is 5.80. The number of halogens is 1. The van der Waals surface area contributed by atoms with E-state index in [1.165, 1.54) is 0 Å². The second-order valence-corrected chi connectivity index (χ2v) is 4.79. The summed E-state index contributed by atoms with van der Waals surface area (Å²) >= 11 is 3.46. The Balaban J connectivity index is 2.40. The van der Waals surface area contributed by atoms with Crippen LogP contribution >= 0.6 is 15.9 Å². The van der Waals surface area contributed by atoms with Gasteiger partial charge in [-0.05, 0) is 42.8 Å². The highest BCUT2D eigenvalue weighted by Crippen LogP contribution is 2.30. The first-order chi connectivity index (χ1) is 8.72. The van der Waals surface area contributed by atoms with Gasteiger partial charge in [0, 0.05) is 22.4 Å². The lowest BCUT2D eigenvalue weighted by Gasteiger charge is -2.17. The van der Waals surface area contributed by atoms with Crippen LogP contribution in [0.3, 0.4) is 0 Å². The van der Waals surface area contributed by atoms with Crippen molar-refractivity contribution in [2.45, 2.75) is 13.0 Å². The van der Waals surface area contributed by atoms with Crippen molar-refractivity contribution in [1.82, 2.24) is 4.98 Å². The molecule has 1 unspecified atom stereocenters. The van der Waals surface area contributed by atoms with Crippen LogP contribution in [-0.2, 0) is 0 Å². The molecule has 1 aromatic carbocycles. The van der Waals surface area contributed by atoms with Gasteiger partial charge in [-0.3, -0.25) is 4.98 Å². The fourth-order valence-corrected chi connectivity index (χ4v) is 2.18. The first-order valence-corrected chi connectivity index (χ1v) is 6.59. The lowest BCUT2D eigenvalue weighted by molar-refractivity contribution is 0.335. The molecule has 2 aromatic rings. The van der Waals surface area contributed by atoms with Gasteiger partial charge in [0.15, 0.2) is 0 Å². The minimum Gasteiger partial charge on any atom is -0.494 e. The van der Waals surface area contributed by atoms with E-state index in [1.807, 2.05) is 37.3 Å². The van der Waals surface area contributed by atoms with Gasteiger partial charge in [-0.15, -0.1) is 0 Å². The van der Waals surface area contributed by atoms with Crippen LogP contribution in [-0.4, -0.2) is 11.6 Å². The zero-order valence-corrected chi connectivity index (χ0v) is 11.7. The molecule has 3 nitrogen and oxygen atoms in total. The summed E-state index contributed by atoms with van der Waals surface area (Å²) in [5.74, 6) is 0.824. The molecule has 0 bridgehead atoms. The Morgan fingerprint density at radius 1 is 1.28 bits per heavy atom. The van der Waals surface area contributed by atoms with Gasteiger partial charge in [0.1, 0.15) is 5.75 Å². The molecule has 0 saturated carbocycles. The minimum atomic E-state index is -0.216. The van der Waals surface area contributed by atoms with Gasteiger partial charge in [0.25, 0.3) is 0 Å². The normalized spacial score (nSPS) is 12.2. The topological polar surface area (TPSA) is 48.1 Å². The van der Waals surface area contributed by atoms with Crippen LogP contribution in [0.4, 0.5) is 0 Å². The van der Waals surface area contributed by atoms with E-state index in [9.17, 15) is 0 Å². The zero-order valence-electron chi connectivity index (χ0n) is 10.1. The van der Waals surface area contributed by atoms with Gasteiger partial charge in [-0.25, -0.2) is 0 Å². The highest BCUT2D eigenvalue weighted by atomic mass is 79.9. The summed E-state index contributed by atoms with van der Waals surface area (Å²) in [4.78, 5) is 4.00. The number of hydrogen-bond donors (Lipinski definition) is 1. The molecule has 1 heterocycles. The number of hydrogen-bond acceptors (Lipinski definition) is 3. The Morgan fingerprint density at radius 2 is 2.00 bits per heavy atom. The average Bonchev–Trinajstić information content (AvgIpc) is 2.41. The first kappa shape index (κ1) is 13.1. The standard InChI is InChI=1S/C14H15BrN2O/c1-2-18-13-4-3-11(15)9-12(13)14(16)10-5-7-17-8-6-10/h3-9,14H,2,16H2,1H3. The number of benzene rings is 1. The molecular formula is C14H15BrN2O. The molecule has 94 valence electrons. The van der Waals surface area contributed by atoms with Crippen LogP contribution in [0.15, 0.2) is 47.2 Å². The van der Waals surface area contributed by atoms with Gasteiger partial charge in [0.2, 0.25) is 0 Å². The molecule has 1 aromatic heterocycles. The maximum Gasteiger partial charge on any atom is 0.124 e. The Labute approximate surface area is 115 Å². The second-order valence-electron chi connectivity index (χ2n) is 3.87. The van der Waals surface area contributed by atoms with E-state index in [-0.39, 0.29) is 6.04 Å². The molecule has 1 atom stereocenters. The largest absolute Gasteiger partial charge is 0.494 e. The number of nitrogens with two attached hydrogens (primary N) is 1. The molecule has 0 aliphatic rings. The van der Waals surface area contributed by atoms with Crippen molar-refractivity contribution in [3.05, 3.63) is 58.3 Å². The van der Waals surface area contributed by atoms with Crippen LogP contribution in [0, 0.1) is 0 Å². The Morgan fingerprint density at radius 3 is 2.67 bits per heavy atom. The molecule has 0 aliphatic heterocycles. The summed E-state index contributed by atoms with van der Waals surface area (Å²) in [5.41, 5.74) is 8.28. The third-order valence-electron chi connectivity index (χ3n) is 2.67. The summed E-state index contributed by atoms with van der Waals surface area (Å²) in [7, 11) is 0. The van der Waals surface area contributed by atoms with Crippen molar-refractivity contribution in [3.8, 4) is 5.75 Å². The van der Waals surface area contributed by atoms with Crippen LogP contribution in [0.2, 0.25) is 0 Å². The highest BCUT2D eigenvalue weighted by molar-refractivity contribution is 9.10. The monoisotopic (exact) mass is 306 g/mol. The third-order valence-corrected chi connectivity index (χ3v) is 3.17. The highest BCUT2D eigenvalue weighted by Gasteiger charge is 2.14. The summed E-state index contributed by atoms with van der Waals surface area (Å²) in [6.45, 7) is 2.58. The molecule has 2 rings (SSSR count). The lowest BCUT2D eigenvalue weighted by atomic mass is 10.00. The third kappa shape index (κ3) is 2.89. The number of pyridine rings is 1. The summed E-state index contributed by atoms with van der Waals surface area (Å²) in [6.07, 6.45) is 3.49. The fraction of sp³-hybridized carbons (Fsp3) is 0.214. The van der Waals surface area contributed by atoms with Gasteiger partial charge in [-0.1, -0.05) is 15.9 Å². The number of nitrogens with zero attached hydrogens (tertiary/aromatic N) is 1. The van der Waals surface area contributed by atoms with E-state index in [4.69, 9.17) is 10.5 Å². The smallest absolute Gasteiger partial charge is 0.124 e. The molecule has 0 aliphatic carbocycles. The maximum absolute atomic E-state index is 6.29. The number of rotatable bonds is 4. The molecule has 0 amide bonds. The van der Waals surface area contributed by atoms with Gasteiger partial charge in [0.05, 0.1) is 12.6 Å². The van der Waals surface area contributed by atoms with Crippen LogP contribution in [0.5, 0.6) is 5.75 Å². The molecule has 18 heavy (non-hydrogen) atoms. The van der Waals surface area contributed by atoms with E-state index in [1.54, 1.807) is 12.4 Å². The summed E-state index contributed by atoms with van der Waals surface area (Å²) in [6, 6.07) is 9.50. The molecule has 0 fully saturated rings. The second kappa shape index (κ2) is 5.98. The Kier molecular flexibility index (Phi) is 4.33. The maximum atomic E-state index is 6.29. The Bertz CT molecular complexity index is 516. The van der Waals surface area contributed by atoms with E-state index < -0.39 is 0 Å². The van der Waals surface area contributed by atoms with Crippen molar-refractivity contribution >= 4 is 15.9 Å². The van der Waals surface area contributed by atoms with Crippen LogP contribution in [0.25, 0.3) is 0 Å². The van der Waals surface area contributed by atoms with E-state index in [0.29, 0.717) is 6.61 Å². The van der Waals surface area contributed by atoms with Crippen LogP contribution < -0.4 is 10.5 Å². The molecule has 2 N–H and O–H groups in total. The number of ether oxygens (including phenoxy) is 1. The molecular weight excluding hydrogens is 292 g/mol. The summed E-state index contributed by atoms with van der Waals surface area (Å²) < 4.78 is 6.61. The van der Waals surface area contributed by atoms with E-state index in [0.717, 1.165) is 21.3 Å². The van der Waals surface area contributed by atoms with Crippen molar-refractivity contribution in [3.63, 3.8) is 0 Å². The molecule has 0 saturated heterocycles. The van der Waals surface area contributed by atoms with Gasteiger partial charge in [-0.2, -0.15) is 0 Å². The van der Waals surface area contributed by atoms with Crippen molar-refractivity contribution in [1.29, 1.82) is 0 Å². The Hall–Kier alpha value is -1.39. The van der Waals surface area contributed by atoms with Gasteiger partial charge < -0.3 is 10.5 Å². The lowest BCUT2D eigenvalue weighted by Crippen LogP contribution is -2.13. The van der Waals surface area contributed by atoms with Gasteiger partial charge >= 0.3 is 0 Å². The predicted molar refractivity (Wildman–Crippen MR) is 75.6 cm³/mol.